The minimum Gasteiger partial charge on any atom is -0.435 e. The summed E-state index contributed by atoms with van der Waals surface area (Å²) in [6, 6.07) is 13.4. The molecule has 158 valence electrons. The number of rotatable bonds is 8. The molecule has 11 heteroatoms. The van der Waals surface area contributed by atoms with E-state index in [1.807, 2.05) is 31.2 Å². The molecule has 0 radical (unpaired) electrons. The van der Waals surface area contributed by atoms with E-state index in [1.165, 1.54) is 16.8 Å². The lowest BCUT2D eigenvalue weighted by Crippen LogP contribution is -2.28. The Kier molecular flexibility index (Phi) is 7.27. The van der Waals surface area contributed by atoms with Crippen LogP contribution in [0, 0.1) is 0 Å². The van der Waals surface area contributed by atoms with Gasteiger partial charge < -0.3 is 15.9 Å². The highest BCUT2D eigenvalue weighted by Crippen LogP contribution is 2.24. The molecule has 0 aliphatic carbocycles. The van der Waals surface area contributed by atoms with Gasteiger partial charge in [-0.1, -0.05) is 39.8 Å². The van der Waals surface area contributed by atoms with Gasteiger partial charge in [0.1, 0.15) is 5.75 Å². The molecule has 1 amide bonds. The van der Waals surface area contributed by atoms with Crippen LogP contribution >= 0.6 is 27.7 Å². The zero-order valence-corrected chi connectivity index (χ0v) is 18.2. The predicted molar refractivity (Wildman–Crippen MR) is 114 cm³/mol. The lowest BCUT2D eigenvalue weighted by atomic mass is 10.1. The van der Waals surface area contributed by atoms with E-state index in [2.05, 4.69) is 36.2 Å². The molecule has 3 aromatic rings. The lowest BCUT2D eigenvalue weighted by Gasteiger charge is -2.14. The molecule has 0 aliphatic heterocycles. The summed E-state index contributed by atoms with van der Waals surface area (Å²) >= 11 is 4.52. The number of benzene rings is 2. The van der Waals surface area contributed by atoms with E-state index in [0.717, 1.165) is 21.8 Å². The van der Waals surface area contributed by atoms with Crippen molar-refractivity contribution in [1.82, 2.24) is 20.2 Å². The fraction of sp³-hybridized carbons (Fsp3) is 0.211. The maximum absolute atomic E-state index is 12.3. The zero-order valence-electron chi connectivity index (χ0n) is 15.8. The number of hydrogen-bond acceptors (Lipinski definition) is 6. The van der Waals surface area contributed by atoms with Gasteiger partial charge >= 0.3 is 6.61 Å². The summed E-state index contributed by atoms with van der Waals surface area (Å²) < 4.78 is 31.0. The Bertz CT molecular complexity index is 999. The van der Waals surface area contributed by atoms with Crippen molar-refractivity contribution in [3.05, 3.63) is 58.6 Å². The highest BCUT2D eigenvalue weighted by Gasteiger charge is 2.16. The third-order valence-corrected chi connectivity index (χ3v) is 5.55. The van der Waals surface area contributed by atoms with Crippen LogP contribution in [0.1, 0.15) is 18.5 Å². The molecule has 1 unspecified atom stereocenters. The number of ether oxygens (including phenoxy) is 1. The van der Waals surface area contributed by atoms with Gasteiger partial charge in [0.15, 0.2) is 5.82 Å². The van der Waals surface area contributed by atoms with Crippen molar-refractivity contribution in [2.24, 2.45) is 0 Å². The summed E-state index contributed by atoms with van der Waals surface area (Å²) in [7, 11) is 0. The van der Waals surface area contributed by atoms with Gasteiger partial charge in [-0.2, -0.15) is 8.78 Å². The number of carbonyl (C=O) groups is 1. The quantitative estimate of drug-likeness (QED) is 0.360. The van der Waals surface area contributed by atoms with Crippen molar-refractivity contribution in [2.75, 3.05) is 11.6 Å². The smallest absolute Gasteiger partial charge is 0.387 e. The van der Waals surface area contributed by atoms with E-state index in [0.29, 0.717) is 16.5 Å². The Morgan fingerprint density at radius 1 is 1.20 bits per heavy atom. The van der Waals surface area contributed by atoms with Crippen LogP contribution in [0.4, 0.5) is 8.78 Å². The van der Waals surface area contributed by atoms with Crippen LogP contribution in [0.25, 0.3) is 11.4 Å². The monoisotopic (exact) mass is 497 g/mol. The van der Waals surface area contributed by atoms with Crippen LogP contribution in [0.5, 0.6) is 5.75 Å². The third-order valence-electron chi connectivity index (χ3n) is 4.08. The lowest BCUT2D eigenvalue weighted by molar-refractivity contribution is -0.119. The number of nitrogen functional groups attached to an aromatic ring is 1. The number of nitrogens with one attached hydrogen (secondary N) is 1. The maximum Gasteiger partial charge on any atom is 0.387 e. The fourth-order valence-electron chi connectivity index (χ4n) is 2.61. The number of carbonyl (C=O) groups excluding carboxylic acids is 1. The number of thioether (sulfide) groups is 1. The van der Waals surface area contributed by atoms with Gasteiger partial charge in [0.05, 0.1) is 11.8 Å². The Balaban J connectivity index is 1.58. The van der Waals surface area contributed by atoms with Gasteiger partial charge in [-0.05, 0) is 48.9 Å². The van der Waals surface area contributed by atoms with E-state index in [1.54, 1.807) is 12.1 Å². The summed E-state index contributed by atoms with van der Waals surface area (Å²) in [4.78, 5) is 12.3. The number of hydrogen-bond donors (Lipinski definition) is 2. The first-order valence-corrected chi connectivity index (χ1v) is 10.5. The molecule has 3 N–H and O–H groups in total. The van der Waals surface area contributed by atoms with Crippen molar-refractivity contribution < 1.29 is 18.3 Å². The largest absolute Gasteiger partial charge is 0.435 e. The van der Waals surface area contributed by atoms with E-state index >= 15 is 0 Å². The molecular weight excluding hydrogens is 480 g/mol. The van der Waals surface area contributed by atoms with Crippen molar-refractivity contribution in [3.8, 4) is 17.1 Å². The van der Waals surface area contributed by atoms with Crippen molar-refractivity contribution in [1.29, 1.82) is 0 Å². The molecule has 0 spiro atoms. The normalized spacial score (nSPS) is 12.0. The number of nitrogens with zero attached hydrogens (tertiary/aromatic N) is 3. The van der Waals surface area contributed by atoms with Crippen molar-refractivity contribution in [3.63, 3.8) is 0 Å². The molecule has 0 bridgehead atoms. The Morgan fingerprint density at radius 2 is 1.87 bits per heavy atom. The molecule has 3 rings (SSSR count). The minimum atomic E-state index is -2.89. The average molecular weight is 498 g/mol. The topological polar surface area (TPSA) is 95.1 Å². The van der Waals surface area contributed by atoms with E-state index in [4.69, 9.17) is 5.84 Å². The van der Waals surface area contributed by atoms with Crippen LogP contribution in [-0.4, -0.2) is 33.1 Å². The molecular formula is C19H18BrF2N5O2S. The summed E-state index contributed by atoms with van der Waals surface area (Å²) in [5.74, 6) is 6.33. The molecule has 1 aromatic heterocycles. The molecule has 0 saturated heterocycles. The van der Waals surface area contributed by atoms with E-state index in [-0.39, 0.29) is 23.5 Å². The number of nitrogens with two attached hydrogens (primary N) is 1. The summed E-state index contributed by atoms with van der Waals surface area (Å²) in [5.41, 5.74) is 1.56. The van der Waals surface area contributed by atoms with Crippen molar-refractivity contribution in [2.45, 2.75) is 24.7 Å². The second kappa shape index (κ2) is 9.90. The zero-order chi connectivity index (χ0) is 21.7. The fourth-order valence-corrected chi connectivity index (χ4v) is 3.54. The second-order valence-corrected chi connectivity index (χ2v) is 8.07. The molecule has 7 nitrogen and oxygen atoms in total. The SMILES string of the molecule is CC(NC(=O)CSc1nnc(-c2ccc(OC(F)F)cc2)n1N)c1ccc(Br)cc1. The Morgan fingerprint density at radius 3 is 2.50 bits per heavy atom. The number of aromatic nitrogens is 3. The predicted octanol–water partition coefficient (Wildman–Crippen LogP) is 3.99. The van der Waals surface area contributed by atoms with Crippen molar-refractivity contribution >= 4 is 33.6 Å². The molecule has 0 aliphatic rings. The average Bonchev–Trinajstić information content (AvgIpc) is 3.07. The molecule has 0 saturated carbocycles. The van der Waals surface area contributed by atoms with Gasteiger partial charge in [-0.15, -0.1) is 10.2 Å². The van der Waals surface area contributed by atoms with Gasteiger partial charge in [-0.25, -0.2) is 4.68 Å². The van der Waals surface area contributed by atoms with Gasteiger partial charge in [0, 0.05) is 10.0 Å². The molecule has 0 fully saturated rings. The first-order valence-electron chi connectivity index (χ1n) is 8.77. The highest BCUT2D eigenvalue weighted by atomic mass is 79.9. The molecule has 1 heterocycles. The standard InChI is InChI=1S/C19H18BrF2N5O2S/c1-11(12-2-6-14(20)7-3-12)24-16(28)10-30-19-26-25-17(27(19)23)13-4-8-15(9-5-13)29-18(21)22/h2-9,11,18H,10,23H2,1H3,(H,24,28). The third kappa shape index (κ3) is 5.70. The summed E-state index contributed by atoms with van der Waals surface area (Å²) in [6.07, 6.45) is 0. The minimum absolute atomic E-state index is 0.0306. The van der Waals surface area contributed by atoms with Crippen LogP contribution in [0.2, 0.25) is 0 Å². The van der Waals surface area contributed by atoms with Crippen LogP contribution in [0.3, 0.4) is 0 Å². The second-order valence-electron chi connectivity index (χ2n) is 6.21. The van der Waals surface area contributed by atoms with E-state index in [9.17, 15) is 13.6 Å². The van der Waals surface area contributed by atoms with Crippen LogP contribution in [0.15, 0.2) is 58.2 Å². The molecule has 30 heavy (non-hydrogen) atoms. The highest BCUT2D eigenvalue weighted by molar-refractivity contribution is 9.10. The first-order chi connectivity index (χ1) is 14.3. The van der Waals surface area contributed by atoms with Gasteiger partial charge in [-0.3, -0.25) is 4.79 Å². The number of halogens is 3. The number of alkyl halides is 2. The number of amides is 1. The summed E-state index contributed by atoms with van der Waals surface area (Å²) in [5, 5.41) is 11.3. The maximum atomic E-state index is 12.3. The van der Waals surface area contributed by atoms with Gasteiger partial charge in [0.2, 0.25) is 11.1 Å². The molecule has 2 aromatic carbocycles. The molecule has 1 atom stereocenters. The van der Waals surface area contributed by atoms with Crippen LogP contribution in [-0.2, 0) is 4.79 Å². The first kappa shape index (κ1) is 22.0. The Hall–Kier alpha value is -2.66. The van der Waals surface area contributed by atoms with Crippen LogP contribution < -0.4 is 15.9 Å². The van der Waals surface area contributed by atoms with E-state index < -0.39 is 6.61 Å². The summed E-state index contributed by atoms with van der Waals surface area (Å²) in [6.45, 7) is -0.994. The Labute approximate surface area is 184 Å². The van der Waals surface area contributed by atoms with Gasteiger partial charge in [0.25, 0.3) is 0 Å².